The van der Waals surface area contributed by atoms with E-state index in [1.807, 2.05) is 24.3 Å². The molecule has 0 spiro atoms. The van der Waals surface area contributed by atoms with Gasteiger partial charge in [0.2, 0.25) is 5.91 Å². The molecule has 0 unspecified atom stereocenters. The molecule has 32 heavy (non-hydrogen) atoms. The molecular formula is C27H37N3O2. The number of nitrogens with zero attached hydrogens (tertiary/aromatic N) is 2. The van der Waals surface area contributed by atoms with E-state index >= 15 is 0 Å². The number of rotatable bonds is 8. The molecule has 2 aromatic rings. The van der Waals surface area contributed by atoms with E-state index in [9.17, 15) is 4.79 Å². The summed E-state index contributed by atoms with van der Waals surface area (Å²) < 4.78 is 5.21. The van der Waals surface area contributed by atoms with Crippen LogP contribution in [0.25, 0.3) is 0 Å². The Morgan fingerprint density at radius 3 is 2.56 bits per heavy atom. The molecule has 1 amide bonds. The van der Waals surface area contributed by atoms with Crippen molar-refractivity contribution < 1.29 is 9.53 Å². The molecule has 1 N–H and O–H groups in total. The Kier molecular flexibility index (Phi) is 7.69. The second kappa shape index (κ2) is 10.9. The lowest BCUT2D eigenvalue weighted by Gasteiger charge is -2.36. The Hall–Kier alpha value is -2.53. The number of hydrogen-bond acceptors (Lipinski definition) is 4. The number of carbonyl (C=O) groups excluding carboxylic acids is 1. The van der Waals surface area contributed by atoms with Crippen molar-refractivity contribution in [2.45, 2.75) is 51.0 Å². The summed E-state index contributed by atoms with van der Waals surface area (Å²) in [4.78, 5) is 17.6. The maximum absolute atomic E-state index is 12.7. The van der Waals surface area contributed by atoms with Gasteiger partial charge in [0.1, 0.15) is 5.75 Å². The normalized spacial score (nSPS) is 17.5. The standard InChI is InChI=1S/C27H37N3O2/c1-29-16-6-7-22-19-23(11-14-25(22)29)26(30-17-4-3-5-18-30)20-28-27(31)15-10-21-8-12-24(32-2)13-9-21/h8-9,11-14,19,26H,3-7,10,15-18,20H2,1-2H3,(H,28,31)/t26-/m0/s1. The highest BCUT2D eigenvalue weighted by atomic mass is 16.5. The number of likely N-dealkylation sites (tertiary alicyclic amines) is 1. The van der Waals surface area contributed by atoms with Crippen LogP contribution in [0.3, 0.4) is 0 Å². The molecule has 0 radical (unpaired) electrons. The molecule has 0 aliphatic carbocycles. The minimum atomic E-state index is 0.125. The molecule has 5 nitrogen and oxygen atoms in total. The Morgan fingerprint density at radius 1 is 1.03 bits per heavy atom. The van der Waals surface area contributed by atoms with Crippen molar-refractivity contribution in [3.63, 3.8) is 0 Å². The third kappa shape index (κ3) is 5.63. The fraction of sp³-hybridized carbons (Fsp3) is 0.519. The number of hydrogen-bond donors (Lipinski definition) is 1. The van der Waals surface area contributed by atoms with Crippen LogP contribution in [0, 0.1) is 0 Å². The van der Waals surface area contributed by atoms with Gasteiger partial charge in [0, 0.05) is 32.2 Å². The van der Waals surface area contributed by atoms with E-state index in [1.165, 1.54) is 42.5 Å². The minimum absolute atomic E-state index is 0.125. The maximum Gasteiger partial charge on any atom is 0.220 e. The molecule has 4 rings (SSSR count). The highest BCUT2D eigenvalue weighted by Crippen LogP contribution is 2.31. The number of amides is 1. The van der Waals surface area contributed by atoms with Crippen molar-refractivity contribution in [2.75, 3.05) is 45.2 Å². The number of nitrogens with one attached hydrogen (secondary N) is 1. The van der Waals surface area contributed by atoms with Gasteiger partial charge in [-0.3, -0.25) is 9.69 Å². The number of fused-ring (bicyclic) bond motifs is 1. The van der Waals surface area contributed by atoms with Gasteiger partial charge in [0.15, 0.2) is 0 Å². The SMILES string of the molecule is COc1ccc(CCC(=O)NC[C@@H](c2ccc3c(c2)CCCN3C)N2CCCCC2)cc1. The van der Waals surface area contributed by atoms with Crippen molar-refractivity contribution in [1.29, 1.82) is 0 Å². The molecular weight excluding hydrogens is 398 g/mol. The number of carbonyl (C=O) groups is 1. The smallest absolute Gasteiger partial charge is 0.220 e. The first kappa shape index (κ1) is 22.7. The predicted octanol–water partition coefficient (Wildman–Crippen LogP) is 4.35. The highest BCUT2D eigenvalue weighted by molar-refractivity contribution is 5.76. The second-order valence-corrected chi connectivity index (χ2v) is 9.18. The van der Waals surface area contributed by atoms with Crippen LogP contribution in [0.1, 0.15) is 54.8 Å². The van der Waals surface area contributed by atoms with Gasteiger partial charge >= 0.3 is 0 Å². The fourth-order valence-electron chi connectivity index (χ4n) is 5.05. The monoisotopic (exact) mass is 435 g/mol. The van der Waals surface area contributed by atoms with Crippen LogP contribution in [0.4, 0.5) is 5.69 Å². The Balaban J connectivity index is 1.40. The van der Waals surface area contributed by atoms with Gasteiger partial charge in [-0.25, -0.2) is 0 Å². The van der Waals surface area contributed by atoms with Crippen LogP contribution in [-0.2, 0) is 17.6 Å². The van der Waals surface area contributed by atoms with E-state index in [0.717, 1.165) is 43.8 Å². The molecule has 0 saturated carbocycles. The fourth-order valence-corrected chi connectivity index (χ4v) is 5.05. The van der Waals surface area contributed by atoms with Crippen LogP contribution in [0.15, 0.2) is 42.5 Å². The Morgan fingerprint density at radius 2 is 1.81 bits per heavy atom. The Labute approximate surface area is 192 Å². The Bertz CT molecular complexity index is 890. The number of methoxy groups -OCH3 is 1. The van der Waals surface area contributed by atoms with Gasteiger partial charge in [-0.15, -0.1) is 0 Å². The zero-order valence-corrected chi connectivity index (χ0v) is 19.6. The topological polar surface area (TPSA) is 44.8 Å². The zero-order chi connectivity index (χ0) is 22.3. The molecule has 2 aliphatic rings. The lowest BCUT2D eigenvalue weighted by atomic mass is 9.95. The number of piperidine rings is 1. The largest absolute Gasteiger partial charge is 0.497 e. The molecule has 5 heteroatoms. The first-order valence-electron chi connectivity index (χ1n) is 12.1. The van der Waals surface area contributed by atoms with Gasteiger partial charge in [-0.1, -0.05) is 30.7 Å². The van der Waals surface area contributed by atoms with Crippen LogP contribution in [-0.4, -0.2) is 51.1 Å². The maximum atomic E-state index is 12.7. The van der Waals surface area contributed by atoms with Gasteiger partial charge in [0.25, 0.3) is 0 Å². The van der Waals surface area contributed by atoms with Crippen LogP contribution in [0.5, 0.6) is 5.75 Å². The quantitative estimate of drug-likeness (QED) is 0.669. The van der Waals surface area contributed by atoms with Gasteiger partial charge < -0.3 is 15.0 Å². The summed E-state index contributed by atoms with van der Waals surface area (Å²) in [6.07, 6.45) is 7.42. The third-order valence-corrected chi connectivity index (χ3v) is 6.96. The van der Waals surface area contributed by atoms with E-state index < -0.39 is 0 Å². The third-order valence-electron chi connectivity index (χ3n) is 6.96. The number of benzene rings is 2. The molecule has 1 atom stereocenters. The first-order valence-corrected chi connectivity index (χ1v) is 12.1. The molecule has 2 aromatic carbocycles. The van der Waals surface area contributed by atoms with E-state index in [4.69, 9.17) is 4.74 Å². The average molecular weight is 436 g/mol. The summed E-state index contributed by atoms with van der Waals surface area (Å²) in [5, 5.41) is 3.24. The molecule has 2 aliphatic heterocycles. The predicted molar refractivity (Wildman–Crippen MR) is 131 cm³/mol. The summed E-state index contributed by atoms with van der Waals surface area (Å²) in [5.74, 6) is 0.972. The van der Waals surface area contributed by atoms with Crippen molar-refractivity contribution in [3.05, 3.63) is 59.2 Å². The highest BCUT2D eigenvalue weighted by Gasteiger charge is 2.24. The van der Waals surface area contributed by atoms with Gasteiger partial charge in [0.05, 0.1) is 13.2 Å². The van der Waals surface area contributed by atoms with Crippen LogP contribution in [0.2, 0.25) is 0 Å². The lowest BCUT2D eigenvalue weighted by Crippen LogP contribution is -2.40. The van der Waals surface area contributed by atoms with Crippen LogP contribution >= 0.6 is 0 Å². The van der Waals surface area contributed by atoms with E-state index in [1.54, 1.807) is 7.11 Å². The number of ether oxygens (including phenoxy) is 1. The summed E-state index contributed by atoms with van der Waals surface area (Å²) in [6.45, 7) is 4.04. The first-order chi connectivity index (χ1) is 15.6. The van der Waals surface area contributed by atoms with E-state index in [-0.39, 0.29) is 11.9 Å². The van der Waals surface area contributed by atoms with Crippen molar-refractivity contribution >= 4 is 11.6 Å². The van der Waals surface area contributed by atoms with Crippen molar-refractivity contribution in [3.8, 4) is 5.75 Å². The molecule has 1 fully saturated rings. The summed E-state index contributed by atoms with van der Waals surface area (Å²) >= 11 is 0. The van der Waals surface area contributed by atoms with Gasteiger partial charge in [-0.05, 0) is 80.1 Å². The van der Waals surface area contributed by atoms with Crippen molar-refractivity contribution in [1.82, 2.24) is 10.2 Å². The average Bonchev–Trinajstić information content (AvgIpc) is 2.84. The summed E-state index contributed by atoms with van der Waals surface area (Å²) in [5.41, 5.74) is 5.31. The molecule has 2 heterocycles. The summed E-state index contributed by atoms with van der Waals surface area (Å²) in [6, 6.07) is 15.2. The zero-order valence-electron chi connectivity index (χ0n) is 19.6. The molecule has 0 bridgehead atoms. The van der Waals surface area contributed by atoms with E-state index in [2.05, 4.69) is 40.4 Å². The summed E-state index contributed by atoms with van der Waals surface area (Å²) in [7, 11) is 3.85. The molecule has 0 aromatic heterocycles. The number of anilines is 1. The van der Waals surface area contributed by atoms with E-state index in [0.29, 0.717) is 13.0 Å². The van der Waals surface area contributed by atoms with Crippen molar-refractivity contribution in [2.24, 2.45) is 0 Å². The molecule has 172 valence electrons. The minimum Gasteiger partial charge on any atom is -0.497 e. The van der Waals surface area contributed by atoms with Crippen LogP contribution < -0.4 is 15.0 Å². The molecule has 1 saturated heterocycles. The lowest BCUT2D eigenvalue weighted by molar-refractivity contribution is -0.121. The number of aryl methyl sites for hydroxylation is 2. The second-order valence-electron chi connectivity index (χ2n) is 9.18. The van der Waals surface area contributed by atoms with Gasteiger partial charge in [-0.2, -0.15) is 0 Å².